The molecule has 0 radical (unpaired) electrons. The first-order valence-corrected chi connectivity index (χ1v) is 16.5. The molecule has 0 spiro atoms. The molecule has 10 nitrogen and oxygen atoms in total. The van der Waals surface area contributed by atoms with Crippen LogP contribution in [0.25, 0.3) is 0 Å². The SMILES string of the molecule is CS(=O)(=O)NCc1csc2c1S(=O)(=O)N=C(C1=C(O)C3C([C@@H]4CC[C@H]3C4)N(Cc3cc(F)c(F)c(F)c3)C1=O)N2. The molecule has 2 aliphatic carbocycles. The summed E-state index contributed by atoms with van der Waals surface area (Å²) in [5, 5.41) is 15.7. The van der Waals surface area contributed by atoms with Crippen LogP contribution < -0.4 is 10.0 Å². The number of halogens is 3. The molecule has 214 valence electrons. The summed E-state index contributed by atoms with van der Waals surface area (Å²) >= 11 is 0.961. The average Bonchev–Trinajstić information content (AvgIpc) is 3.58. The monoisotopic (exact) mass is 616 g/mol. The van der Waals surface area contributed by atoms with Gasteiger partial charge in [0.15, 0.2) is 23.3 Å². The van der Waals surface area contributed by atoms with E-state index in [9.17, 15) is 39.9 Å². The molecule has 0 saturated heterocycles. The number of amidine groups is 1. The summed E-state index contributed by atoms with van der Waals surface area (Å²) in [6.07, 6.45) is 3.23. The number of aliphatic hydroxyl groups excluding tert-OH is 1. The molecule has 40 heavy (non-hydrogen) atoms. The van der Waals surface area contributed by atoms with Crippen LogP contribution in [0.15, 0.2) is 38.1 Å². The van der Waals surface area contributed by atoms with Gasteiger partial charge in [-0.2, -0.15) is 8.42 Å². The van der Waals surface area contributed by atoms with E-state index in [2.05, 4.69) is 14.4 Å². The molecule has 1 aromatic heterocycles. The Morgan fingerprint density at radius 1 is 1.20 bits per heavy atom. The van der Waals surface area contributed by atoms with Gasteiger partial charge in [0.25, 0.3) is 15.9 Å². The topological polar surface area (TPSA) is 145 Å². The van der Waals surface area contributed by atoms with Crippen LogP contribution in [0.1, 0.15) is 30.4 Å². The molecule has 2 unspecified atom stereocenters. The number of hydrogen-bond donors (Lipinski definition) is 3. The Balaban J connectivity index is 1.40. The third-order valence-corrected chi connectivity index (χ3v) is 11.1. The van der Waals surface area contributed by atoms with E-state index in [0.717, 1.165) is 42.6 Å². The van der Waals surface area contributed by atoms with E-state index in [4.69, 9.17) is 0 Å². The molecule has 2 aliphatic heterocycles. The number of carbonyl (C=O) groups is 1. The van der Waals surface area contributed by atoms with Crippen molar-refractivity contribution in [1.29, 1.82) is 0 Å². The van der Waals surface area contributed by atoms with Crippen LogP contribution in [0.4, 0.5) is 18.2 Å². The van der Waals surface area contributed by atoms with Crippen molar-refractivity contribution < 1.29 is 39.9 Å². The molecule has 2 saturated carbocycles. The van der Waals surface area contributed by atoms with Gasteiger partial charge < -0.3 is 15.3 Å². The third-order valence-electron chi connectivity index (χ3n) is 7.96. The minimum absolute atomic E-state index is 0.00161. The summed E-state index contributed by atoms with van der Waals surface area (Å²) in [4.78, 5) is 15.0. The van der Waals surface area contributed by atoms with E-state index >= 15 is 0 Å². The van der Waals surface area contributed by atoms with Gasteiger partial charge in [-0.25, -0.2) is 26.3 Å². The zero-order valence-electron chi connectivity index (χ0n) is 20.8. The van der Waals surface area contributed by atoms with Crippen LogP contribution in [0.3, 0.4) is 0 Å². The summed E-state index contributed by atoms with van der Waals surface area (Å²) in [7, 11) is -8.04. The number of thiophene rings is 1. The van der Waals surface area contributed by atoms with Gasteiger partial charge in [-0.1, -0.05) is 0 Å². The number of sulfonamides is 2. The number of aliphatic hydroxyl groups is 1. The maximum absolute atomic E-state index is 14.0. The van der Waals surface area contributed by atoms with Gasteiger partial charge in [0.1, 0.15) is 21.2 Å². The summed E-state index contributed by atoms with van der Waals surface area (Å²) in [5.74, 6) is -6.42. The Morgan fingerprint density at radius 3 is 2.55 bits per heavy atom. The predicted molar refractivity (Wildman–Crippen MR) is 139 cm³/mol. The first-order valence-electron chi connectivity index (χ1n) is 12.3. The van der Waals surface area contributed by atoms with Crippen LogP contribution in [0.5, 0.6) is 0 Å². The Bertz CT molecular complexity index is 1710. The van der Waals surface area contributed by atoms with Crippen LogP contribution in [-0.2, 0) is 37.9 Å². The standard InChI is InChI=1S/C24H23F3N4O6S3/c1-39(34,35)28-7-13-9-38-23-21(13)40(36,37)30-22(29-23)17-20(32)16-11-2-3-12(6-11)19(16)31(24(17)33)8-10-4-14(25)18(27)15(26)5-10/h4-5,9,11-12,16,19,28,32H,2-3,6-8H2,1H3,(H,29,30)/t11-,12+,16?,19?/m0/s1. The van der Waals surface area contributed by atoms with Crippen molar-refractivity contribution >= 4 is 48.1 Å². The molecule has 2 fully saturated rings. The normalized spacial score (nSPS) is 26.9. The molecule has 4 aliphatic rings. The van der Waals surface area contributed by atoms with Crippen molar-refractivity contribution in [2.75, 3.05) is 11.6 Å². The molecule has 1 aromatic carbocycles. The van der Waals surface area contributed by atoms with E-state index in [1.165, 1.54) is 10.3 Å². The minimum Gasteiger partial charge on any atom is -0.511 e. The van der Waals surface area contributed by atoms with Crippen molar-refractivity contribution in [2.45, 2.75) is 43.3 Å². The molecule has 3 N–H and O–H groups in total. The third kappa shape index (κ3) is 4.40. The van der Waals surface area contributed by atoms with Gasteiger partial charge in [-0.05, 0) is 54.2 Å². The number of rotatable bonds is 6. The van der Waals surface area contributed by atoms with E-state index in [1.807, 2.05) is 0 Å². The number of fused-ring (bicyclic) bond motifs is 6. The minimum atomic E-state index is -4.42. The number of anilines is 1. The second kappa shape index (κ2) is 9.29. The molecule has 6 rings (SSSR count). The van der Waals surface area contributed by atoms with Gasteiger partial charge in [-0.15, -0.1) is 15.7 Å². The van der Waals surface area contributed by atoms with E-state index in [-0.39, 0.29) is 57.3 Å². The molecule has 2 aromatic rings. The first-order chi connectivity index (χ1) is 18.7. The number of nitrogens with one attached hydrogen (secondary N) is 2. The highest BCUT2D eigenvalue weighted by Crippen LogP contribution is 2.55. The molecule has 1 amide bonds. The zero-order chi connectivity index (χ0) is 28.7. The lowest BCUT2D eigenvalue weighted by Gasteiger charge is -2.44. The van der Waals surface area contributed by atoms with Gasteiger partial charge in [0.2, 0.25) is 10.0 Å². The first kappa shape index (κ1) is 27.2. The second-order valence-electron chi connectivity index (χ2n) is 10.5. The van der Waals surface area contributed by atoms with E-state index in [1.54, 1.807) is 0 Å². The summed E-state index contributed by atoms with van der Waals surface area (Å²) in [5.41, 5.74) is -0.207. The van der Waals surface area contributed by atoms with Crippen molar-refractivity contribution in [3.63, 3.8) is 0 Å². The van der Waals surface area contributed by atoms with Gasteiger partial charge in [0.05, 0.1) is 6.26 Å². The van der Waals surface area contributed by atoms with E-state index < -0.39 is 61.2 Å². The predicted octanol–water partition coefficient (Wildman–Crippen LogP) is 3.00. The number of amides is 1. The lowest BCUT2D eigenvalue weighted by atomic mass is 9.77. The zero-order valence-corrected chi connectivity index (χ0v) is 23.3. The highest BCUT2D eigenvalue weighted by atomic mass is 32.2. The van der Waals surface area contributed by atoms with Crippen molar-refractivity contribution in [3.8, 4) is 0 Å². The highest BCUT2D eigenvalue weighted by molar-refractivity contribution is 7.91. The van der Waals surface area contributed by atoms with Crippen molar-refractivity contribution in [3.05, 3.63) is 57.4 Å². The van der Waals surface area contributed by atoms with Crippen LogP contribution >= 0.6 is 11.3 Å². The highest BCUT2D eigenvalue weighted by Gasteiger charge is 2.57. The number of carbonyl (C=O) groups excluding carboxylic acids is 1. The largest absolute Gasteiger partial charge is 0.511 e. The molecule has 3 heterocycles. The Morgan fingerprint density at radius 2 is 1.88 bits per heavy atom. The summed E-state index contributed by atoms with van der Waals surface area (Å²) in [6.45, 7) is -0.589. The Hall–Kier alpha value is -2.95. The van der Waals surface area contributed by atoms with Crippen molar-refractivity contribution in [1.82, 2.24) is 9.62 Å². The molecule has 4 atom stereocenters. The maximum Gasteiger partial charge on any atom is 0.287 e. The maximum atomic E-state index is 14.0. The number of benzene rings is 1. The van der Waals surface area contributed by atoms with E-state index in [0.29, 0.717) is 6.42 Å². The lowest BCUT2D eigenvalue weighted by Crippen LogP contribution is -2.53. The summed E-state index contributed by atoms with van der Waals surface area (Å²) in [6, 6.07) is 1.12. The Labute approximate surface area is 231 Å². The summed E-state index contributed by atoms with van der Waals surface area (Å²) < 4.78 is 97.1. The lowest BCUT2D eigenvalue weighted by molar-refractivity contribution is -0.134. The van der Waals surface area contributed by atoms with Gasteiger partial charge >= 0.3 is 0 Å². The quantitative estimate of drug-likeness (QED) is 0.423. The number of hydrogen-bond acceptors (Lipinski definition) is 8. The molecule has 2 bridgehead atoms. The molecular formula is C24H23F3N4O6S3. The van der Waals surface area contributed by atoms with Crippen molar-refractivity contribution in [2.24, 2.45) is 22.2 Å². The van der Waals surface area contributed by atoms with Crippen LogP contribution in [-0.4, -0.2) is 50.9 Å². The molecule has 16 heteroatoms. The van der Waals surface area contributed by atoms with Crippen LogP contribution in [0, 0.1) is 35.2 Å². The van der Waals surface area contributed by atoms with Gasteiger partial charge in [0, 0.05) is 30.6 Å². The fourth-order valence-electron chi connectivity index (χ4n) is 6.43. The second-order valence-corrected chi connectivity index (χ2v) is 14.7. The fourth-order valence-corrected chi connectivity index (χ4v) is 9.46. The van der Waals surface area contributed by atoms with Crippen LogP contribution in [0.2, 0.25) is 0 Å². The fraction of sp³-hybridized carbons (Fsp3) is 0.417. The Kier molecular flexibility index (Phi) is 6.32. The smallest absolute Gasteiger partial charge is 0.287 e. The molecular weight excluding hydrogens is 593 g/mol. The van der Waals surface area contributed by atoms with Gasteiger partial charge in [-0.3, -0.25) is 4.79 Å². The average molecular weight is 617 g/mol. The number of nitrogens with zero attached hydrogens (tertiary/aromatic N) is 2.